The number of esters is 1. The minimum Gasteiger partial charge on any atom is -0.427 e. The summed E-state index contributed by atoms with van der Waals surface area (Å²) >= 11 is 0. The van der Waals surface area contributed by atoms with Crippen LogP contribution in [-0.4, -0.2) is 17.8 Å². The molecule has 2 aromatic carbocycles. The van der Waals surface area contributed by atoms with Gasteiger partial charge in [0.25, 0.3) is 5.91 Å². The summed E-state index contributed by atoms with van der Waals surface area (Å²) in [5.74, 6) is 0.0172. The maximum atomic E-state index is 12.5. The molecule has 1 saturated carbocycles. The van der Waals surface area contributed by atoms with Gasteiger partial charge in [0.2, 0.25) is 5.91 Å². The Morgan fingerprint density at radius 3 is 2.55 bits per heavy atom. The quantitative estimate of drug-likeness (QED) is 0.426. The van der Waals surface area contributed by atoms with Crippen molar-refractivity contribution in [1.29, 1.82) is 0 Å². The van der Waals surface area contributed by atoms with E-state index in [1.165, 1.54) is 25.8 Å². The first-order valence-corrected chi connectivity index (χ1v) is 9.55. The number of amides is 2. The number of anilines is 1. The van der Waals surface area contributed by atoms with Crippen molar-refractivity contribution in [2.75, 3.05) is 5.32 Å². The number of benzene rings is 2. The summed E-state index contributed by atoms with van der Waals surface area (Å²) in [6, 6.07) is 13.7. The molecule has 0 atom stereocenters. The number of hydrogen-bond donors (Lipinski definition) is 2. The number of carbonyl (C=O) groups excluding carboxylic acids is 3. The number of hydrogen-bond acceptors (Lipinski definition) is 4. The van der Waals surface area contributed by atoms with Crippen molar-refractivity contribution in [2.45, 2.75) is 33.2 Å². The first-order chi connectivity index (χ1) is 13.9. The van der Waals surface area contributed by atoms with Crippen molar-refractivity contribution in [3.05, 3.63) is 71.3 Å². The molecule has 0 aromatic heterocycles. The fourth-order valence-corrected chi connectivity index (χ4v) is 2.93. The molecule has 0 bridgehead atoms. The third kappa shape index (κ3) is 6.31. The van der Waals surface area contributed by atoms with Gasteiger partial charge in [-0.15, -0.1) is 0 Å². The van der Waals surface area contributed by atoms with Crippen LogP contribution in [0, 0.1) is 5.92 Å². The lowest BCUT2D eigenvalue weighted by Gasteiger charge is -2.09. The second kappa shape index (κ2) is 9.19. The number of ether oxygens (including phenoxy) is 1. The molecule has 150 valence electrons. The van der Waals surface area contributed by atoms with Gasteiger partial charge in [-0.25, -0.2) is 0 Å². The lowest BCUT2D eigenvalue weighted by molar-refractivity contribution is -0.131. The van der Waals surface area contributed by atoms with Gasteiger partial charge in [-0.3, -0.25) is 14.4 Å². The normalized spacial score (nSPS) is 13.5. The first kappa shape index (κ1) is 20.3. The second-order valence-electron chi connectivity index (χ2n) is 7.16. The predicted octanol–water partition coefficient (Wildman–Crippen LogP) is 3.84. The molecule has 1 aliphatic carbocycles. The van der Waals surface area contributed by atoms with Crippen LogP contribution in [0.1, 0.15) is 42.6 Å². The van der Waals surface area contributed by atoms with E-state index in [1.54, 1.807) is 30.3 Å². The molecule has 2 amide bonds. The van der Waals surface area contributed by atoms with Crippen LogP contribution >= 0.6 is 0 Å². The number of nitrogens with one attached hydrogen (secondary N) is 2. The second-order valence-corrected chi connectivity index (χ2v) is 7.16. The third-order valence-electron chi connectivity index (χ3n) is 4.59. The maximum absolute atomic E-state index is 12.5. The molecular weight excluding hydrogens is 368 g/mol. The van der Waals surface area contributed by atoms with Gasteiger partial charge in [0.05, 0.1) is 0 Å². The zero-order valence-electron chi connectivity index (χ0n) is 16.5. The third-order valence-corrected chi connectivity index (χ3v) is 4.59. The molecule has 0 heterocycles. The Bertz CT molecular complexity index is 961. The standard InChI is InChI=1S/C23H24N2O4/c1-15(18-9-10-18)11-22(27)24-14-17-5-3-7-20(12-17)25-23(28)19-6-4-8-21(13-19)29-16(2)26/h3-8,11-13,18H,9-10,14H2,1-2H3,(H,24,27)(H,25,28)/b15-11+. The summed E-state index contributed by atoms with van der Waals surface area (Å²) in [5.41, 5.74) is 2.99. The lowest BCUT2D eigenvalue weighted by Crippen LogP contribution is -2.21. The predicted molar refractivity (Wildman–Crippen MR) is 110 cm³/mol. The Balaban J connectivity index is 1.59. The Morgan fingerprint density at radius 2 is 1.83 bits per heavy atom. The van der Waals surface area contributed by atoms with Gasteiger partial charge in [-0.05, 0) is 61.6 Å². The highest BCUT2D eigenvalue weighted by atomic mass is 16.5. The minimum atomic E-state index is -0.445. The molecule has 1 fully saturated rings. The van der Waals surface area contributed by atoms with Gasteiger partial charge in [-0.2, -0.15) is 0 Å². The molecule has 6 heteroatoms. The van der Waals surface area contributed by atoms with Crippen LogP contribution in [0.2, 0.25) is 0 Å². The van der Waals surface area contributed by atoms with Crippen molar-refractivity contribution >= 4 is 23.5 Å². The number of allylic oxidation sites excluding steroid dienone is 1. The lowest BCUT2D eigenvalue weighted by atomic mass is 10.1. The van der Waals surface area contributed by atoms with Crippen molar-refractivity contribution < 1.29 is 19.1 Å². The Morgan fingerprint density at radius 1 is 1.07 bits per heavy atom. The molecule has 1 aliphatic rings. The molecule has 2 N–H and O–H groups in total. The summed E-state index contributed by atoms with van der Waals surface area (Å²) in [5, 5.41) is 5.69. The molecule has 0 spiro atoms. The topological polar surface area (TPSA) is 84.5 Å². The highest BCUT2D eigenvalue weighted by Crippen LogP contribution is 2.35. The summed E-state index contributed by atoms with van der Waals surface area (Å²) in [6.45, 7) is 3.67. The molecule has 0 saturated heterocycles. The maximum Gasteiger partial charge on any atom is 0.308 e. The van der Waals surface area contributed by atoms with Gasteiger partial charge in [0.1, 0.15) is 5.75 Å². The van der Waals surface area contributed by atoms with Crippen molar-refractivity contribution in [3.8, 4) is 5.75 Å². The van der Waals surface area contributed by atoms with Crippen LogP contribution in [0.5, 0.6) is 5.75 Å². The Kier molecular flexibility index (Phi) is 6.44. The van der Waals surface area contributed by atoms with Crippen LogP contribution in [0.25, 0.3) is 0 Å². The molecule has 6 nitrogen and oxygen atoms in total. The van der Waals surface area contributed by atoms with Gasteiger partial charge >= 0.3 is 5.97 Å². The Labute approximate surface area is 170 Å². The number of carbonyl (C=O) groups is 3. The largest absolute Gasteiger partial charge is 0.427 e. The fraction of sp³-hybridized carbons (Fsp3) is 0.261. The molecular formula is C23H24N2O4. The van der Waals surface area contributed by atoms with Crippen molar-refractivity contribution in [2.24, 2.45) is 5.92 Å². The van der Waals surface area contributed by atoms with Crippen LogP contribution in [0.4, 0.5) is 5.69 Å². The van der Waals surface area contributed by atoms with E-state index in [4.69, 9.17) is 4.74 Å². The van der Waals surface area contributed by atoms with E-state index < -0.39 is 5.97 Å². The molecule has 0 aliphatic heterocycles. The number of rotatable bonds is 7. The zero-order chi connectivity index (χ0) is 20.8. The van der Waals surface area contributed by atoms with Crippen molar-refractivity contribution in [1.82, 2.24) is 5.32 Å². The summed E-state index contributed by atoms with van der Waals surface area (Å²) < 4.78 is 5.01. The first-order valence-electron chi connectivity index (χ1n) is 9.55. The molecule has 2 aromatic rings. The molecule has 0 unspecified atom stereocenters. The van der Waals surface area contributed by atoms with E-state index in [2.05, 4.69) is 10.6 Å². The van der Waals surface area contributed by atoms with E-state index in [-0.39, 0.29) is 11.8 Å². The van der Waals surface area contributed by atoms with Gasteiger partial charge in [-0.1, -0.05) is 23.8 Å². The summed E-state index contributed by atoms with van der Waals surface area (Å²) in [7, 11) is 0. The average Bonchev–Trinajstić information content (AvgIpc) is 3.52. The smallest absolute Gasteiger partial charge is 0.308 e. The van der Waals surface area contributed by atoms with Crippen LogP contribution in [0.3, 0.4) is 0 Å². The highest BCUT2D eigenvalue weighted by Gasteiger charge is 2.23. The van der Waals surface area contributed by atoms with Crippen LogP contribution < -0.4 is 15.4 Å². The minimum absolute atomic E-state index is 0.105. The van der Waals surface area contributed by atoms with Gasteiger partial charge in [0.15, 0.2) is 0 Å². The zero-order valence-corrected chi connectivity index (χ0v) is 16.5. The molecule has 3 rings (SSSR count). The van der Waals surface area contributed by atoms with Crippen molar-refractivity contribution in [3.63, 3.8) is 0 Å². The fourth-order valence-electron chi connectivity index (χ4n) is 2.93. The van der Waals surface area contributed by atoms with E-state index in [0.29, 0.717) is 29.5 Å². The average molecular weight is 392 g/mol. The molecule has 0 radical (unpaired) electrons. The van der Waals surface area contributed by atoms with Gasteiger partial charge in [0, 0.05) is 30.8 Å². The van der Waals surface area contributed by atoms with E-state index in [0.717, 1.165) is 11.1 Å². The Hall–Kier alpha value is -3.41. The van der Waals surface area contributed by atoms with E-state index >= 15 is 0 Å². The summed E-state index contributed by atoms with van der Waals surface area (Å²) in [6.07, 6.45) is 4.00. The SMILES string of the molecule is CC(=O)Oc1cccc(C(=O)Nc2cccc(CNC(=O)/C=C(\C)C3CC3)c2)c1. The molecule has 29 heavy (non-hydrogen) atoms. The van der Waals surface area contributed by atoms with Gasteiger partial charge < -0.3 is 15.4 Å². The summed E-state index contributed by atoms with van der Waals surface area (Å²) in [4.78, 5) is 35.6. The van der Waals surface area contributed by atoms with E-state index in [1.807, 2.05) is 25.1 Å². The monoisotopic (exact) mass is 392 g/mol. The van der Waals surface area contributed by atoms with Crippen LogP contribution in [0.15, 0.2) is 60.2 Å². The van der Waals surface area contributed by atoms with E-state index in [9.17, 15) is 14.4 Å². The highest BCUT2D eigenvalue weighted by molar-refractivity contribution is 6.04. The van der Waals surface area contributed by atoms with Crippen LogP contribution in [-0.2, 0) is 16.1 Å².